The van der Waals surface area contributed by atoms with Crippen LogP contribution >= 0.6 is 11.6 Å². The molecule has 4 atom stereocenters. The summed E-state index contributed by atoms with van der Waals surface area (Å²) in [6.45, 7) is 3.51. The van der Waals surface area contributed by atoms with E-state index in [1.165, 1.54) is 10.9 Å². The van der Waals surface area contributed by atoms with Gasteiger partial charge in [0.25, 0.3) is 0 Å². The molecule has 4 rings (SSSR count). The van der Waals surface area contributed by atoms with E-state index in [2.05, 4.69) is 15.0 Å². The zero-order valence-corrected chi connectivity index (χ0v) is 17.1. The van der Waals surface area contributed by atoms with E-state index < -0.39 is 35.9 Å². The predicted molar refractivity (Wildman–Crippen MR) is 105 cm³/mol. The summed E-state index contributed by atoms with van der Waals surface area (Å²) in [5.41, 5.74) is -0.0275. The Balaban J connectivity index is 1.78. The van der Waals surface area contributed by atoms with E-state index in [1.54, 1.807) is 30.3 Å². The molecule has 3 heterocycles. The zero-order valence-electron chi connectivity index (χ0n) is 16.3. The number of hydrogen-bond donors (Lipinski definition) is 1. The van der Waals surface area contributed by atoms with Gasteiger partial charge in [-0.1, -0.05) is 43.6 Å². The van der Waals surface area contributed by atoms with Gasteiger partial charge >= 0.3 is 12.0 Å². The van der Waals surface area contributed by atoms with E-state index in [0.29, 0.717) is 12.0 Å². The van der Waals surface area contributed by atoms with Gasteiger partial charge in [-0.15, -0.1) is 0 Å². The first-order valence-electron chi connectivity index (χ1n) is 9.47. The highest BCUT2D eigenvalue weighted by Crippen LogP contribution is 2.48. The van der Waals surface area contributed by atoms with E-state index in [9.17, 15) is 14.3 Å². The molecule has 0 amide bonds. The van der Waals surface area contributed by atoms with E-state index in [0.717, 1.165) is 0 Å². The quantitative estimate of drug-likeness (QED) is 0.374. The highest BCUT2D eigenvalue weighted by molar-refractivity contribution is 6.33. The fourth-order valence-electron chi connectivity index (χ4n) is 3.79. The summed E-state index contributed by atoms with van der Waals surface area (Å²) in [4.78, 5) is 24.2. The molecule has 1 aliphatic heterocycles. The summed E-state index contributed by atoms with van der Waals surface area (Å²) in [7, 11) is 0. The third-order valence-corrected chi connectivity index (χ3v) is 6.01. The fraction of sp³-hybridized carbons (Fsp3) is 0.400. The molecule has 1 saturated heterocycles. The van der Waals surface area contributed by atoms with Crippen LogP contribution in [0.2, 0.25) is 5.15 Å². The van der Waals surface area contributed by atoms with Crippen LogP contribution < -0.4 is 0 Å². The van der Waals surface area contributed by atoms with Crippen LogP contribution in [-0.4, -0.2) is 49.4 Å². The number of carbonyl (C=O) groups excluding carboxylic acids is 1. The average molecular weight is 435 g/mol. The molecule has 1 N–H and O–H groups in total. The van der Waals surface area contributed by atoms with Crippen LogP contribution in [0.3, 0.4) is 0 Å². The Morgan fingerprint density at radius 2 is 2.10 bits per heavy atom. The van der Waals surface area contributed by atoms with Crippen molar-refractivity contribution in [1.29, 1.82) is 0 Å². The molecule has 1 fully saturated rings. The first-order chi connectivity index (χ1) is 14.4. The maximum Gasteiger partial charge on any atom is 0.338 e. The predicted octanol–water partition coefficient (Wildman–Crippen LogP) is 3.15. The van der Waals surface area contributed by atoms with Gasteiger partial charge in [0.05, 0.1) is 24.6 Å². The lowest BCUT2D eigenvalue weighted by atomic mass is 9.78. The second kappa shape index (κ2) is 7.90. The number of hydrogen-bond acceptors (Lipinski definition) is 7. The Morgan fingerprint density at radius 3 is 2.77 bits per heavy atom. The number of halogens is 2. The van der Waals surface area contributed by atoms with Gasteiger partial charge in [0, 0.05) is 5.41 Å². The number of aromatic nitrogens is 4. The van der Waals surface area contributed by atoms with E-state index in [1.807, 2.05) is 13.8 Å². The number of benzene rings is 1. The number of fused-ring (bicyclic) bond motifs is 1. The van der Waals surface area contributed by atoms with Crippen LogP contribution in [0.1, 0.15) is 36.9 Å². The van der Waals surface area contributed by atoms with Gasteiger partial charge in [0.2, 0.25) is 0 Å². The largest absolute Gasteiger partial charge is 0.453 e. The summed E-state index contributed by atoms with van der Waals surface area (Å²) in [5.74, 6) is -0.532. The van der Waals surface area contributed by atoms with Gasteiger partial charge in [0.1, 0.15) is 5.52 Å². The van der Waals surface area contributed by atoms with Crippen molar-refractivity contribution in [3.05, 3.63) is 53.5 Å². The van der Waals surface area contributed by atoms with Crippen molar-refractivity contribution >= 4 is 28.7 Å². The summed E-state index contributed by atoms with van der Waals surface area (Å²) >= 11 is 5.99. The van der Waals surface area contributed by atoms with Crippen molar-refractivity contribution < 1.29 is 23.8 Å². The van der Waals surface area contributed by atoms with Gasteiger partial charge in [-0.25, -0.2) is 9.78 Å². The molecule has 1 aromatic carbocycles. The molecule has 3 aromatic rings. The Kier molecular flexibility index (Phi) is 5.44. The second-order valence-corrected chi connectivity index (χ2v) is 7.71. The molecule has 2 aromatic heterocycles. The molecule has 0 aliphatic carbocycles. The minimum Gasteiger partial charge on any atom is -0.453 e. The Labute approximate surface area is 176 Å². The Bertz CT molecular complexity index is 1080. The smallest absolute Gasteiger partial charge is 0.338 e. The molecule has 1 aliphatic rings. The van der Waals surface area contributed by atoms with Crippen molar-refractivity contribution in [3.8, 4) is 0 Å². The number of nitrogens with zero attached hydrogens (tertiary/aromatic N) is 4. The molecule has 0 spiro atoms. The fourth-order valence-corrected chi connectivity index (χ4v) is 3.99. The summed E-state index contributed by atoms with van der Waals surface area (Å²) in [5, 5.41) is 9.79. The van der Waals surface area contributed by atoms with Gasteiger partial charge in [-0.05, 0) is 18.6 Å². The lowest BCUT2D eigenvalue weighted by molar-refractivity contribution is -0.0565. The molecule has 0 bridgehead atoms. The maximum absolute atomic E-state index is 13.8. The summed E-state index contributed by atoms with van der Waals surface area (Å²) in [6.07, 6.45) is -1.40. The highest BCUT2D eigenvalue weighted by Gasteiger charge is 2.55. The summed E-state index contributed by atoms with van der Waals surface area (Å²) < 4.78 is 27.2. The van der Waals surface area contributed by atoms with E-state index >= 15 is 0 Å². The van der Waals surface area contributed by atoms with Crippen LogP contribution in [0.5, 0.6) is 0 Å². The first-order valence-corrected chi connectivity index (χ1v) is 9.84. The van der Waals surface area contributed by atoms with Crippen molar-refractivity contribution in [3.63, 3.8) is 0 Å². The molecule has 8 nitrogen and oxygen atoms in total. The molecular weight excluding hydrogens is 415 g/mol. The second-order valence-electron chi connectivity index (χ2n) is 7.36. The van der Waals surface area contributed by atoms with Gasteiger partial charge < -0.3 is 14.6 Å². The number of carbonyl (C=O) groups is 1. The number of imidazole rings is 1. The molecule has 4 unspecified atom stereocenters. The number of esters is 1. The number of ether oxygens (including phenoxy) is 2. The van der Waals surface area contributed by atoms with Crippen LogP contribution in [0, 0.1) is 11.5 Å². The number of aliphatic hydroxyl groups excluding tert-OH is 1. The third kappa shape index (κ3) is 3.32. The maximum atomic E-state index is 13.8. The number of rotatable bonds is 5. The Hall–Kier alpha value is -2.62. The lowest BCUT2D eigenvalue weighted by Gasteiger charge is -2.33. The van der Waals surface area contributed by atoms with Crippen LogP contribution in [-0.2, 0) is 9.47 Å². The minimum atomic E-state index is -1.01. The zero-order chi connectivity index (χ0) is 21.5. The highest BCUT2D eigenvalue weighted by atomic mass is 35.5. The SMILES string of the molecule is CCC1(C)C(CO)OC(n2cnc3c(Cl)nc(F)nc32)C1OC(=O)c1ccccc1. The molecule has 10 heteroatoms. The average Bonchev–Trinajstić information content (AvgIpc) is 3.28. The molecule has 0 radical (unpaired) electrons. The monoisotopic (exact) mass is 434 g/mol. The molecular formula is C20H20ClFN4O4. The van der Waals surface area contributed by atoms with Crippen LogP contribution in [0.15, 0.2) is 36.7 Å². The van der Waals surface area contributed by atoms with Gasteiger partial charge in [0.15, 0.2) is 23.1 Å². The van der Waals surface area contributed by atoms with Crippen molar-refractivity contribution in [2.24, 2.45) is 5.41 Å². The van der Waals surface area contributed by atoms with Crippen molar-refractivity contribution in [2.45, 2.75) is 38.7 Å². The topological polar surface area (TPSA) is 99.4 Å². The molecule has 158 valence electrons. The van der Waals surface area contributed by atoms with Crippen molar-refractivity contribution in [2.75, 3.05) is 6.61 Å². The summed E-state index contributed by atoms with van der Waals surface area (Å²) in [6, 6.07) is 8.56. The normalized spacial score (nSPS) is 26.2. The number of aliphatic hydroxyl groups is 1. The van der Waals surface area contributed by atoms with Gasteiger partial charge in [-0.3, -0.25) is 4.57 Å². The molecule has 30 heavy (non-hydrogen) atoms. The van der Waals surface area contributed by atoms with Crippen molar-refractivity contribution in [1.82, 2.24) is 19.5 Å². The standard InChI is InChI=1S/C20H20ClFN4O4/c1-3-20(2)12(9-27)29-17(14(20)30-18(28)11-7-5-4-6-8-11)26-10-23-13-15(21)24-19(22)25-16(13)26/h4-8,10,12,14,17,27H,3,9H2,1-2H3. The molecule has 0 saturated carbocycles. The Morgan fingerprint density at radius 1 is 1.37 bits per heavy atom. The van der Waals surface area contributed by atoms with Gasteiger partial charge in [-0.2, -0.15) is 14.4 Å². The van der Waals surface area contributed by atoms with E-state index in [4.69, 9.17) is 21.1 Å². The third-order valence-electron chi connectivity index (χ3n) is 5.75. The minimum absolute atomic E-state index is 0.107. The first kappa shape index (κ1) is 20.6. The lowest BCUT2D eigenvalue weighted by Crippen LogP contribution is -2.41. The van der Waals surface area contributed by atoms with Crippen LogP contribution in [0.4, 0.5) is 4.39 Å². The van der Waals surface area contributed by atoms with Crippen LogP contribution in [0.25, 0.3) is 11.2 Å². The van der Waals surface area contributed by atoms with E-state index in [-0.39, 0.29) is 22.9 Å².